The van der Waals surface area contributed by atoms with Gasteiger partial charge in [0.1, 0.15) is 0 Å². The van der Waals surface area contributed by atoms with E-state index in [1.807, 2.05) is 60.7 Å². The lowest BCUT2D eigenvalue weighted by molar-refractivity contribution is 0.556. The van der Waals surface area contributed by atoms with Gasteiger partial charge in [-0.25, -0.2) is 0 Å². The third-order valence-corrected chi connectivity index (χ3v) is 4.38. The van der Waals surface area contributed by atoms with Gasteiger partial charge in [0.15, 0.2) is 0 Å². The van der Waals surface area contributed by atoms with Gasteiger partial charge in [-0.05, 0) is 11.1 Å². The summed E-state index contributed by atoms with van der Waals surface area (Å²) in [6, 6.07) is 19.9. The Kier molecular flexibility index (Phi) is 4.92. The minimum atomic E-state index is -2.52. The summed E-state index contributed by atoms with van der Waals surface area (Å²) in [5.41, 5.74) is 2.26. The molecule has 0 fully saturated rings. The van der Waals surface area contributed by atoms with Crippen molar-refractivity contribution in [2.24, 2.45) is 0 Å². The molecule has 0 atom stereocenters. The molecule has 0 heterocycles. The first-order chi connectivity index (χ1) is 9.16. The van der Waals surface area contributed by atoms with Gasteiger partial charge in [-0.2, -0.15) is 0 Å². The summed E-state index contributed by atoms with van der Waals surface area (Å²) in [5, 5.41) is 6.18. The third-order valence-electron chi connectivity index (χ3n) is 2.86. The maximum Gasteiger partial charge on any atom is 0.208 e. The maximum absolute atomic E-state index is 12.3. The lowest BCUT2D eigenvalue weighted by Crippen LogP contribution is -2.21. The Bertz CT molecular complexity index is 495. The second-order valence-corrected chi connectivity index (χ2v) is 7.05. The predicted molar refractivity (Wildman–Crippen MR) is 80.1 cm³/mol. The van der Waals surface area contributed by atoms with E-state index in [1.54, 1.807) is 6.66 Å². The molecule has 0 amide bonds. The molecule has 2 aromatic rings. The van der Waals surface area contributed by atoms with Crippen molar-refractivity contribution in [1.29, 1.82) is 0 Å². The smallest absolute Gasteiger partial charge is 0.208 e. The van der Waals surface area contributed by atoms with Gasteiger partial charge in [0.05, 0.1) is 0 Å². The van der Waals surface area contributed by atoms with Gasteiger partial charge in [-0.1, -0.05) is 60.7 Å². The van der Waals surface area contributed by atoms with E-state index < -0.39 is 7.44 Å². The van der Waals surface area contributed by atoms with E-state index in [-0.39, 0.29) is 0 Å². The molecule has 3 nitrogen and oxygen atoms in total. The zero-order valence-electron chi connectivity index (χ0n) is 11.0. The fourth-order valence-electron chi connectivity index (χ4n) is 1.73. The zero-order valence-corrected chi connectivity index (χ0v) is 11.9. The van der Waals surface area contributed by atoms with E-state index in [2.05, 4.69) is 10.2 Å². The summed E-state index contributed by atoms with van der Waals surface area (Å²) < 4.78 is 12.3. The predicted octanol–water partition coefficient (Wildman–Crippen LogP) is 3.39. The van der Waals surface area contributed by atoms with E-state index >= 15 is 0 Å². The summed E-state index contributed by atoms with van der Waals surface area (Å²) >= 11 is 0. The molecular weight excluding hydrogens is 255 g/mol. The normalized spacial score (nSPS) is 11.4. The Hall–Kier alpha value is -1.41. The van der Waals surface area contributed by atoms with Gasteiger partial charge in [-0.3, -0.25) is 14.7 Å². The Morgan fingerprint density at radius 2 is 1.16 bits per heavy atom. The van der Waals surface area contributed by atoms with Gasteiger partial charge < -0.3 is 0 Å². The molecule has 2 N–H and O–H groups in total. The van der Waals surface area contributed by atoms with Crippen LogP contribution in [0.4, 0.5) is 0 Å². The maximum atomic E-state index is 12.3. The topological polar surface area (TPSA) is 41.1 Å². The number of hydrogen-bond donors (Lipinski definition) is 2. The first-order valence-electron chi connectivity index (χ1n) is 6.31. The summed E-state index contributed by atoms with van der Waals surface area (Å²) in [4.78, 5) is 0. The van der Waals surface area contributed by atoms with Gasteiger partial charge >= 0.3 is 0 Å². The molecule has 0 aliphatic carbocycles. The molecule has 2 aromatic carbocycles. The molecule has 100 valence electrons. The van der Waals surface area contributed by atoms with Crippen LogP contribution in [0.3, 0.4) is 0 Å². The second-order valence-electron chi connectivity index (χ2n) is 4.57. The van der Waals surface area contributed by atoms with E-state index in [4.69, 9.17) is 0 Å². The van der Waals surface area contributed by atoms with Gasteiger partial charge in [0.2, 0.25) is 7.44 Å². The molecular formula is C15H19N2OP. The van der Waals surface area contributed by atoms with Crippen LogP contribution in [-0.4, -0.2) is 6.66 Å². The van der Waals surface area contributed by atoms with Crippen LogP contribution in [0.1, 0.15) is 11.1 Å². The van der Waals surface area contributed by atoms with Crippen molar-refractivity contribution >= 4 is 7.44 Å². The minimum absolute atomic E-state index is 0.608. The SMILES string of the molecule is CP(=O)(NCc1ccccc1)NCc1ccccc1. The van der Waals surface area contributed by atoms with Crippen LogP contribution in [-0.2, 0) is 17.7 Å². The Morgan fingerprint density at radius 1 is 0.789 bits per heavy atom. The van der Waals surface area contributed by atoms with Crippen molar-refractivity contribution in [3.63, 3.8) is 0 Å². The molecule has 2 rings (SSSR count). The van der Waals surface area contributed by atoms with Crippen molar-refractivity contribution < 1.29 is 4.57 Å². The van der Waals surface area contributed by atoms with Gasteiger partial charge in [0.25, 0.3) is 0 Å². The largest absolute Gasteiger partial charge is 0.290 e. The standard InChI is InChI=1S/C15H19N2OP/c1-19(18,16-12-14-8-4-2-5-9-14)17-13-15-10-6-3-7-11-15/h2-11H,12-13H2,1H3,(H2,16,17,18). The summed E-state index contributed by atoms with van der Waals surface area (Å²) in [6.07, 6.45) is 0. The molecule has 0 bridgehead atoms. The first-order valence-corrected chi connectivity index (χ1v) is 8.47. The third kappa shape index (κ3) is 4.99. The highest BCUT2D eigenvalue weighted by Gasteiger charge is 2.12. The van der Waals surface area contributed by atoms with Gasteiger partial charge in [-0.15, -0.1) is 0 Å². The summed E-state index contributed by atoms with van der Waals surface area (Å²) in [7, 11) is -2.52. The minimum Gasteiger partial charge on any atom is -0.290 e. The van der Waals surface area contributed by atoms with E-state index in [1.165, 1.54) is 0 Å². The van der Waals surface area contributed by atoms with Crippen molar-refractivity contribution in [1.82, 2.24) is 10.2 Å². The van der Waals surface area contributed by atoms with Crippen LogP contribution in [0.25, 0.3) is 0 Å². The molecule has 0 aromatic heterocycles. The van der Waals surface area contributed by atoms with Crippen molar-refractivity contribution in [2.45, 2.75) is 13.1 Å². The van der Waals surface area contributed by atoms with Crippen LogP contribution in [0, 0.1) is 0 Å². The Morgan fingerprint density at radius 3 is 1.53 bits per heavy atom. The van der Waals surface area contributed by atoms with Crippen molar-refractivity contribution in [3.8, 4) is 0 Å². The molecule has 0 aliphatic heterocycles. The quantitative estimate of drug-likeness (QED) is 0.793. The number of hydrogen-bond acceptors (Lipinski definition) is 1. The molecule has 0 spiro atoms. The van der Waals surface area contributed by atoms with Crippen LogP contribution >= 0.6 is 7.44 Å². The fourth-order valence-corrected chi connectivity index (χ4v) is 2.81. The average Bonchev–Trinajstić information content (AvgIpc) is 2.46. The van der Waals surface area contributed by atoms with E-state index in [9.17, 15) is 4.57 Å². The fraction of sp³-hybridized carbons (Fsp3) is 0.200. The molecule has 19 heavy (non-hydrogen) atoms. The Labute approximate surface area is 114 Å². The van der Waals surface area contributed by atoms with Crippen LogP contribution in [0.5, 0.6) is 0 Å². The van der Waals surface area contributed by atoms with Crippen molar-refractivity contribution in [2.75, 3.05) is 6.66 Å². The van der Waals surface area contributed by atoms with Crippen LogP contribution in [0.2, 0.25) is 0 Å². The lowest BCUT2D eigenvalue weighted by atomic mass is 10.2. The number of benzene rings is 2. The highest BCUT2D eigenvalue weighted by molar-refractivity contribution is 7.58. The van der Waals surface area contributed by atoms with Gasteiger partial charge in [0, 0.05) is 19.8 Å². The Balaban J connectivity index is 1.84. The second kappa shape index (κ2) is 6.67. The van der Waals surface area contributed by atoms with E-state index in [0.717, 1.165) is 11.1 Å². The average molecular weight is 274 g/mol. The lowest BCUT2D eigenvalue weighted by Gasteiger charge is -2.16. The molecule has 0 unspecified atom stereocenters. The molecule has 0 saturated carbocycles. The molecule has 4 heteroatoms. The first kappa shape index (κ1) is 14.0. The van der Waals surface area contributed by atoms with Crippen LogP contribution in [0.15, 0.2) is 60.7 Å². The van der Waals surface area contributed by atoms with Crippen molar-refractivity contribution in [3.05, 3.63) is 71.8 Å². The monoisotopic (exact) mass is 274 g/mol. The number of nitrogens with one attached hydrogen (secondary N) is 2. The molecule has 0 radical (unpaired) electrons. The van der Waals surface area contributed by atoms with E-state index in [0.29, 0.717) is 13.1 Å². The zero-order chi connectivity index (χ0) is 13.6. The number of rotatable bonds is 6. The highest BCUT2D eigenvalue weighted by Crippen LogP contribution is 2.31. The summed E-state index contributed by atoms with van der Waals surface area (Å²) in [6.45, 7) is 2.94. The van der Waals surface area contributed by atoms with Crippen LogP contribution < -0.4 is 10.2 Å². The highest BCUT2D eigenvalue weighted by atomic mass is 31.2. The molecule has 0 aliphatic rings. The summed E-state index contributed by atoms with van der Waals surface area (Å²) in [5.74, 6) is 0. The molecule has 0 saturated heterocycles.